The monoisotopic (exact) mass is 414 g/mol. The SMILES string of the molecule is CC(C)=CCCC(C)=CCCC(C)=CCCC(C)=CCCC(C)=CC(=O)NCCN. The van der Waals surface area contributed by atoms with Gasteiger partial charge in [-0.1, -0.05) is 52.2 Å². The fourth-order valence-electron chi connectivity index (χ4n) is 3.08. The zero-order valence-electron chi connectivity index (χ0n) is 20.4. The van der Waals surface area contributed by atoms with Gasteiger partial charge in [-0.2, -0.15) is 0 Å². The molecular weight excluding hydrogens is 368 g/mol. The Morgan fingerprint density at radius 1 is 0.667 bits per heavy atom. The van der Waals surface area contributed by atoms with Crippen molar-refractivity contribution in [1.29, 1.82) is 0 Å². The van der Waals surface area contributed by atoms with Gasteiger partial charge in [-0.25, -0.2) is 0 Å². The predicted octanol–water partition coefficient (Wildman–Crippen LogP) is 6.93. The van der Waals surface area contributed by atoms with Crippen LogP contribution in [0, 0.1) is 0 Å². The molecule has 0 aliphatic heterocycles. The van der Waals surface area contributed by atoms with Crippen LogP contribution in [-0.2, 0) is 4.79 Å². The minimum atomic E-state index is -0.0443. The molecule has 0 saturated heterocycles. The first-order valence-corrected chi connectivity index (χ1v) is 11.5. The number of hydrogen-bond donors (Lipinski definition) is 2. The highest BCUT2D eigenvalue weighted by molar-refractivity contribution is 5.88. The standard InChI is InChI=1S/C27H46N2O/c1-22(2)11-7-12-23(3)13-8-14-24(4)15-9-16-25(5)17-10-18-26(6)21-27(30)29-20-19-28/h11,13,15,17,21H,7-10,12,14,16,18-20,28H2,1-6H3,(H,29,30). The third-order valence-corrected chi connectivity index (χ3v) is 5.01. The van der Waals surface area contributed by atoms with E-state index >= 15 is 0 Å². The highest BCUT2D eigenvalue weighted by atomic mass is 16.1. The quantitative estimate of drug-likeness (QED) is 0.225. The Hall–Kier alpha value is -1.87. The average molecular weight is 415 g/mol. The van der Waals surface area contributed by atoms with Crippen molar-refractivity contribution in [3.05, 3.63) is 58.2 Å². The third kappa shape index (κ3) is 18.2. The number of nitrogens with one attached hydrogen (secondary N) is 1. The summed E-state index contributed by atoms with van der Waals surface area (Å²) in [6, 6.07) is 0. The maximum atomic E-state index is 11.6. The molecule has 0 spiro atoms. The molecule has 3 heteroatoms. The summed E-state index contributed by atoms with van der Waals surface area (Å²) in [5, 5.41) is 2.77. The van der Waals surface area contributed by atoms with Crippen molar-refractivity contribution in [2.24, 2.45) is 5.73 Å². The van der Waals surface area contributed by atoms with Crippen molar-refractivity contribution in [1.82, 2.24) is 5.32 Å². The number of amides is 1. The van der Waals surface area contributed by atoms with Crippen LogP contribution in [0.2, 0.25) is 0 Å². The van der Waals surface area contributed by atoms with Gasteiger partial charge in [-0.15, -0.1) is 0 Å². The molecule has 0 aromatic carbocycles. The van der Waals surface area contributed by atoms with Crippen molar-refractivity contribution in [2.45, 2.75) is 92.9 Å². The summed E-state index contributed by atoms with van der Waals surface area (Å²) in [6.45, 7) is 14.0. The van der Waals surface area contributed by atoms with Crippen LogP contribution in [0.15, 0.2) is 58.2 Å². The molecule has 0 aliphatic rings. The number of hydrogen-bond acceptors (Lipinski definition) is 2. The van der Waals surface area contributed by atoms with Crippen molar-refractivity contribution in [2.75, 3.05) is 13.1 Å². The molecule has 0 atom stereocenters. The molecule has 0 fully saturated rings. The molecule has 0 radical (unpaired) electrons. The largest absolute Gasteiger partial charge is 0.351 e. The Morgan fingerprint density at radius 2 is 1.07 bits per heavy atom. The Labute approximate surface area is 186 Å². The first-order valence-electron chi connectivity index (χ1n) is 11.5. The smallest absolute Gasteiger partial charge is 0.243 e. The van der Waals surface area contributed by atoms with Crippen LogP contribution in [-0.4, -0.2) is 19.0 Å². The van der Waals surface area contributed by atoms with E-state index in [2.05, 4.69) is 64.2 Å². The summed E-state index contributed by atoms with van der Waals surface area (Å²) in [6.07, 6.45) is 19.8. The van der Waals surface area contributed by atoms with Crippen LogP contribution in [0.5, 0.6) is 0 Å². The van der Waals surface area contributed by atoms with E-state index < -0.39 is 0 Å². The summed E-state index contributed by atoms with van der Waals surface area (Å²) in [7, 11) is 0. The summed E-state index contributed by atoms with van der Waals surface area (Å²) in [5.41, 5.74) is 12.3. The zero-order chi connectivity index (χ0) is 22.8. The van der Waals surface area contributed by atoms with E-state index in [4.69, 9.17) is 5.73 Å². The Morgan fingerprint density at radius 3 is 1.47 bits per heavy atom. The van der Waals surface area contributed by atoms with Crippen LogP contribution < -0.4 is 11.1 Å². The number of carbonyl (C=O) groups excluding carboxylic acids is 1. The zero-order valence-corrected chi connectivity index (χ0v) is 20.4. The molecular formula is C27H46N2O. The maximum Gasteiger partial charge on any atom is 0.243 e. The van der Waals surface area contributed by atoms with Gasteiger partial charge >= 0.3 is 0 Å². The first-order chi connectivity index (χ1) is 14.2. The summed E-state index contributed by atoms with van der Waals surface area (Å²) in [5.74, 6) is -0.0443. The lowest BCUT2D eigenvalue weighted by Crippen LogP contribution is -2.27. The van der Waals surface area contributed by atoms with Crippen molar-refractivity contribution in [3.8, 4) is 0 Å². The van der Waals surface area contributed by atoms with E-state index in [1.807, 2.05) is 6.92 Å². The lowest BCUT2D eigenvalue weighted by molar-refractivity contribution is -0.116. The predicted molar refractivity (Wildman–Crippen MR) is 133 cm³/mol. The van der Waals surface area contributed by atoms with Gasteiger partial charge in [-0.05, 0) is 92.9 Å². The van der Waals surface area contributed by atoms with Crippen LogP contribution in [0.25, 0.3) is 0 Å². The lowest BCUT2D eigenvalue weighted by Gasteiger charge is -2.03. The van der Waals surface area contributed by atoms with Gasteiger partial charge in [-0.3, -0.25) is 4.79 Å². The molecule has 170 valence electrons. The lowest BCUT2D eigenvalue weighted by atomic mass is 10.0. The van der Waals surface area contributed by atoms with Gasteiger partial charge in [0.05, 0.1) is 0 Å². The fourth-order valence-corrected chi connectivity index (χ4v) is 3.08. The van der Waals surface area contributed by atoms with E-state index in [0.29, 0.717) is 13.1 Å². The minimum Gasteiger partial charge on any atom is -0.351 e. The van der Waals surface area contributed by atoms with E-state index in [9.17, 15) is 4.79 Å². The molecule has 0 saturated carbocycles. The van der Waals surface area contributed by atoms with E-state index in [0.717, 1.165) is 50.5 Å². The number of rotatable bonds is 15. The van der Waals surface area contributed by atoms with Gasteiger partial charge in [0.15, 0.2) is 0 Å². The second kappa shape index (κ2) is 17.9. The molecule has 0 rings (SSSR count). The summed E-state index contributed by atoms with van der Waals surface area (Å²) < 4.78 is 0. The molecule has 0 aromatic heterocycles. The van der Waals surface area contributed by atoms with Gasteiger partial charge in [0.2, 0.25) is 5.91 Å². The molecule has 0 aliphatic carbocycles. The second-order valence-corrected chi connectivity index (χ2v) is 8.66. The van der Waals surface area contributed by atoms with Crippen molar-refractivity contribution < 1.29 is 4.79 Å². The van der Waals surface area contributed by atoms with Crippen LogP contribution in [0.3, 0.4) is 0 Å². The van der Waals surface area contributed by atoms with Crippen LogP contribution in [0.4, 0.5) is 0 Å². The summed E-state index contributed by atoms with van der Waals surface area (Å²) >= 11 is 0. The Kier molecular flexibility index (Phi) is 16.8. The summed E-state index contributed by atoms with van der Waals surface area (Å²) in [4.78, 5) is 11.6. The van der Waals surface area contributed by atoms with Crippen LogP contribution >= 0.6 is 0 Å². The topological polar surface area (TPSA) is 55.1 Å². The van der Waals surface area contributed by atoms with E-state index in [-0.39, 0.29) is 5.91 Å². The Bertz CT molecular complexity index is 644. The second-order valence-electron chi connectivity index (χ2n) is 8.66. The molecule has 0 aromatic rings. The molecule has 30 heavy (non-hydrogen) atoms. The van der Waals surface area contributed by atoms with Crippen molar-refractivity contribution >= 4 is 5.91 Å². The Balaban J connectivity index is 4.12. The van der Waals surface area contributed by atoms with E-state index in [1.54, 1.807) is 6.08 Å². The van der Waals surface area contributed by atoms with E-state index in [1.165, 1.54) is 28.7 Å². The molecule has 3 nitrogen and oxygen atoms in total. The molecule has 0 unspecified atom stereocenters. The number of carbonyl (C=O) groups is 1. The molecule has 0 bridgehead atoms. The molecule has 1 amide bonds. The average Bonchev–Trinajstić information content (AvgIpc) is 2.66. The van der Waals surface area contributed by atoms with Crippen molar-refractivity contribution in [3.63, 3.8) is 0 Å². The molecule has 0 heterocycles. The number of allylic oxidation sites excluding steroid dienone is 9. The van der Waals surface area contributed by atoms with Gasteiger partial charge in [0, 0.05) is 19.2 Å². The maximum absolute atomic E-state index is 11.6. The normalized spacial score (nSPS) is 13.4. The fraction of sp³-hybridized carbons (Fsp3) is 0.593. The molecule has 3 N–H and O–H groups in total. The van der Waals surface area contributed by atoms with Gasteiger partial charge in [0.1, 0.15) is 0 Å². The number of nitrogens with two attached hydrogens (primary N) is 1. The minimum absolute atomic E-state index is 0.0443. The van der Waals surface area contributed by atoms with Gasteiger partial charge in [0.25, 0.3) is 0 Å². The van der Waals surface area contributed by atoms with Gasteiger partial charge < -0.3 is 11.1 Å². The van der Waals surface area contributed by atoms with Crippen LogP contribution in [0.1, 0.15) is 92.9 Å². The first kappa shape index (κ1) is 28.1. The third-order valence-electron chi connectivity index (χ3n) is 5.01. The highest BCUT2D eigenvalue weighted by Crippen LogP contribution is 2.14. The highest BCUT2D eigenvalue weighted by Gasteiger charge is 1.97.